The molecule has 1 aliphatic heterocycles. The molecule has 0 spiro atoms. The molecule has 0 N–H and O–H groups in total. The quantitative estimate of drug-likeness (QED) is 0.708. The van der Waals surface area contributed by atoms with Gasteiger partial charge in [-0.25, -0.2) is 9.97 Å². The van der Waals surface area contributed by atoms with Crippen molar-refractivity contribution in [3.63, 3.8) is 0 Å². The molecule has 3 heterocycles. The van der Waals surface area contributed by atoms with E-state index in [1.165, 1.54) is 0 Å². The van der Waals surface area contributed by atoms with Crippen LogP contribution >= 0.6 is 0 Å². The van der Waals surface area contributed by atoms with Gasteiger partial charge >= 0.3 is 0 Å². The van der Waals surface area contributed by atoms with Crippen molar-refractivity contribution in [1.29, 1.82) is 0 Å². The first-order chi connectivity index (χ1) is 13.1. The maximum Gasteiger partial charge on any atom is 0.260 e. The molecule has 2 aromatic heterocycles. The molecule has 7 nitrogen and oxygen atoms in total. The van der Waals surface area contributed by atoms with Gasteiger partial charge in [0.25, 0.3) is 5.91 Å². The van der Waals surface area contributed by atoms with E-state index in [1.54, 1.807) is 11.1 Å². The van der Waals surface area contributed by atoms with Crippen molar-refractivity contribution in [2.45, 2.75) is 6.92 Å². The third-order valence-electron chi connectivity index (χ3n) is 4.76. The number of carbonyl (C=O) groups excluding carboxylic acids is 1. The highest BCUT2D eigenvalue weighted by Gasteiger charge is 2.17. The van der Waals surface area contributed by atoms with Gasteiger partial charge in [0.05, 0.1) is 18.7 Å². The second kappa shape index (κ2) is 7.36. The molecule has 0 saturated carbocycles. The Hall–Kier alpha value is -2.93. The lowest BCUT2D eigenvalue weighted by Gasteiger charge is -2.26. The number of ether oxygens (including phenoxy) is 2. The van der Waals surface area contributed by atoms with Crippen LogP contribution in [0.3, 0.4) is 0 Å². The molecule has 0 aliphatic carbocycles. The minimum absolute atomic E-state index is 0.0174. The Bertz CT molecular complexity index is 977. The summed E-state index contributed by atoms with van der Waals surface area (Å²) in [6.07, 6.45) is 3.65. The van der Waals surface area contributed by atoms with Gasteiger partial charge in [0, 0.05) is 44.0 Å². The minimum atomic E-state index is -0.0238. The topological polar surface area (TPSA) is 69.5 Å². The van der Waals surface area contributed by atoms with Crippen LogP contribution in [-0.4, -0.2) is 58.3 Å². The van der Waals surface area contributed by atoms with E-state index in [-0.39, 0.29) is 12.5 Å². The van der Waals surface area contributed by atoms with E-state index in [4.69, 9.17) is 14.5 Å². The van der Waals surface area contributed by atoms with Crippen molar-refractivity contribution in [3.05, 3.63) is 42.2 Å². The van der Waals surface area contributed by atoms with Crippen LogP contribution in [0, 0.1) is 6.92 Å². The van der Waals surface area contributed by atoms with Crippen LogP contribution in [0.5, 0.6) is 5.75 Å². The Balaban J connectivity index is 1.55. The fraction of sp³-hybridized carbons (Fsp3) is 0.350. The number of aromatic nitrogens is 3. The summed E-state index contributed by atoms with van der Waals surface area (Å²) in [5, 5.41) is 1.06. The number of benzene rings is 1. The summed E-state index contributed by atoms with van der Waals surface area (Å²) in [7, 11) is 1.94. The largest absolute Gasteiger partial charge is 0.484 e. The lowest BCUT2D eigenvalue weighted by atomic mass is 10.1. The number of nitrogens with zero attached hydrogens (tertiary/aromatic N) is 4. The van der Waals surface area contributed by atoms with Crippen LogP contribution in [0.4, 0.5) is 0 Å². The Kier molecular flexibility index (Phi) is 4.77. The zero-order chi connectivity index (χ0) is 18.8. The van der Waals surface area contributed by atoms with Crippen molar-refractivity contribution < 1.29 is 14.3 Å². The molecule has 140 valence electrons. The van der Waals surface area contributed by atoms with Gasteiger partial charge in [-0.2, -0.15) is 0 Å². The van der Waals surface area contributed by atoms with Crippen molar-refractivity contribution in [3.8, 4) is 17.3 Å². The minimum Gasteiger partial charge on any atom is -0.484 e. The molecule has 0 atom stereocenters. The first kappa shape index (κ1) is 17.5. The molecule has 1 fully saturated rings. The molecule has 27 heavy (non-hydrogen) atoms. The van der Waals surface area contributed by atoms with Gasteiger partial charge in [-0.3, -0.25) is 4.79 Å². The molecule has 1 aliphatic rings. The van der Waals surface area contributed by atoms with Gasteiger partial charge in [0.15, 0.2) is 12.4 Å². The predicted octanol–water partition coefficient (Wildman–Crippen LogP) is 2.18. The molecule has 4 rings (SSSR count). The Morgan fingerprint density at radius 3 is 2.81 bits per heavy atom. The maximum atomic E-state index is 12.3. The van der Waals surface area contributed by atoms with Gasteiger partial charge in [-0.05, 0) is 30.7 Å². The van der Waals surface area contributed by atoms with Crippen molar-refractivity contribution >= 4 is 16.8 Å². The molecule has 0 radical (unpaired) electrons. The third kappa shape index (κ3) is 3.64. The van der Waals surface area contributed by atoms with E-state index in [0.717, 1.165) is 28.0 Å². The van der Waals surface area contributed by atoms with E-state index in [2.05, 4.69) is 11.9 Å². The lowest BCUT2D eigenvalue weighted by Crippen LogP contribution is -2.42. The molecular weight excluding hydrogens is 344 g/mol. The normalized spacial score (nSPS) is 14.5. The van der Waals surface area contributed by atoms with Gasteiger partial charge < -0.3 is 18.9 Å². The highest BCUT2D eigenvalue weighted by molar-refractivity contribution is 5.85. The molecule has 7 heteroatoms. The number of imidazole rings is 1. The third-order valence-corrected chi connectivity index (χ3v) is 4.76. The Labute approximate surface area is 157 Å². The van der Waals surface area contributed by atoms with E-state index in [1.807, 2.05) is 42.1 Å². The summed E-state index contributed by atoms with van der Waals surface area (Å²) in [5.41, 5.74) is 2.76. The van der Waals surface area contributed by atoms with Crippen LogP contribution in [0.1, 0.15) is 5.56 Å². The first-order valence-electron chi connectivity index (χ1n) is 8.99. The lowest BCUT2D eigenvalue weighted by molar-refractivity contribution is -0.137. The molecule has 1 amide bonds. The second-order valence-corrected chi connectivity index (χ2v) is 6.65. The number of hydrogen-bond acceptors (Lipinski definition) is 5. The van der Waals surface area contributed by atoms with E-state index in [9.17, 15) is 4.79 Å². The van der Waals surface area contributed by atoms with E-state index in [0.29, 0.717) is 32.1 Å². The number of morpholine rings is 1. The fourth-order valence-corrected chi connectivity index (χ4v) is 3.25. The Morgan fingerprint density at radius 1 is 1.26 bits per heavy atom. The highest BCUT2D eigenvalue weighted by atomic mass is 16.5. The van der Waals surface area contributed by atoms with Gasteiger partial charge in [0.1, 0.15) is 11.4 Å². The van der Waals surface area contributed by atoms with Crippen LogP contribution in [-0.2, 0) is 16.6 Å². The van der Waals surface area contributed by atoms with Crippen molar-refractivity contribution in [2.75, 3.05) is 32.9 Å². The smallest absolute Gasteiger partial charge is 0.260 e. The monoisotopic (exact) mass is 366 g/mol. The number of pyridine rings is 1. The molecule has 1 saturated heterocycles. The zero-order valence-corrected chi connectivity index (χ0v) is 15.5. The number of carbonyl (C=O) groups is 1. The zero-order valence-electron chi connectivity index (χ0n) is 15.5. The fourth-order valence-electron chi connectivity index (χ4n) is 3.25. The highest BCUT2D eigenvalue weighted by Crippen LogP contribution is 2.26. The summed E-state index contributed by atoms with van der Waals surface area (Å²) in [4.78, 5) is 23.1. The standard InChI is InChI=1S/C20H22N4O3/c1-14-11-18(20-21-5-6-23(20)2)22-17-12-15(3-4-16(14)17)27-13-19(25)24-7-9-26-10-8-24/h3-6,11-12H,7-10,13H2,1-2H3. The maximum absolute atomic E-state index is 12.3. The molecule has 1 aromatic carbocycles. The summed E-state index contributed by atoms with van der Waals surface area (Å²) < 4.78 is 12.9. The summed E-state index contributed by atoms with van der Waals surface area (Å²) in [6.45, 7) is 4.48. The summed E-state index contributed by atoms with van der Waals surface area (Å²) in [6, 6.07) is 7.77. The van der Waals surface area contributed by atoms with Gasteiger partial charge in [0.2, 0.25) is 0 Å². The van der Waals surface area contributed by atoms with Crippen LogP contribution in [0.15, 0.2) is 36.7 Å². The van der Waals surface area contributed by atoms with Crippen molar-refractivity contribution in [1.82, 2.24) is 19.4 Å². The average molecular weight is 366 g/mol. The van der Waals surface area contributed by atoms with Gasteiger partial charge in [-0.1, -0.05) is 0 Å². The predicted molar refractivity (Wildman–Crippen MR) is 102 cm³/mol. The van der Waals surface area contributed by atoms with Gasteiger partial charge in [-0.15, -0.1) is 0 Å². The van der Waals surface area contributed by atoms with Crippen LogP contribution < -0.4 is 4.74 Å². The summed E-state index contributed by atoms with van der Waals surface area (Å²) >= 11 is 0. The first-order valence-corrected chi connectivity index (χ1v) is 8.99. The number of hydrogen-bond donors (Lipinski definition) is 0. The number of aryl methyl sites for hydroxylation is 2. The molecular formula is C20H22N4O3. The van der Waals surface area contributed by atoms with Crippen molar-refractivity contribution in [2.24, 2.45) is 7.05 Å². The molecule has 0 unspecified atom stereocenters. The molecule has 0 bridgehead atoms. The second-order valence-electron chi connectivity index (χ2n) is 6.65. The average Bonchev–Trinajstić information content (AvgIpc) is 3.12. The number of amides is 1. The number of fused-ring (bicyclic) bond motifs is 1. The SMILES string of the molecule is Cc1cc(-c2nccn2C)nc2cc(OCC(=O)N3CCOCC3)ccc12. The molecule has 3 aromatic rings. The number of rotatable bonds is 4. The van der Waals surface area contributed by atoms with E-state index < -0.39 is 0 Å². The van der Waals surface area contributed by atoms with E-state index >= 15 is 0 Å². The summed E-state index contributed by atoms with van der Waals surface area (Å²) in [5.74, 6) is 1.42. The Morgan fingerprint density at radius 2 is 2.07 bits per heavy atom. The van der Waals surface area contributed by atoms with Crippen LogP contribution in [0.2, 0.25) is 0 Å². The van der Waals surface area contributed by atoms with Crippen LogP contribution in [0.25, 0.3) is 22.4 Å².